The number of hydrogen-bond acceptors (Lipinski definition) is 3. The van der Waals surface area contributed by atoms with Gasteiger partial charge in [-0.05, 0) is 44.2 Å². The van der Waals surface area contributed by atoms with Gasteiger partial charge in [-0.3, -0.25) is 5.10 Å². The Balaban J connectivity index is 1.39. The molecule has 1 saturated heterocycles. The van der Waals surface area contributed by atoms with Gasteiger partial charge >= 0.3 is 0 Å². The van der Waals surface area contributed by atoms with Gasteiger partial charge in [0.2, 0.25) is 0 Å². The van der Waals surface area contributed by atoms with E-state index in [0.717, 1.165) is 32.2 Å². The molecule has 0 aromatic carbocycles. The predicted molar refractivity (Wildman–Crippen MR) is 70.5 cm³/mol. The van der Waals surface area contributed by atoms with E-state index in [2.05, 4.69) is 21.2 Å². The fourth-order valence-electron chi connectivity index (χ4n) is 2.73. The maximum absolute atomic E-state index is 5.72. The van der Waals surface area contributed by atoms with E-state index in [0.29, 0.717) is 5.92 Å². The van der Waals surface area contributed by atoms with Crippen LogP contribution < -0.4 is 0 Å². The van der Waals surface area contributed by atoms with Crippen molar-refractivity contribution in [3.63, 3.8) is 0 Å². The number of aromatic amines is 1. The molecule has 0 bridgehead atoms. The topological polar surface area (TPSA) is 41.1 Å². The fourth-order valence-corrected chi connectivity index (χ4v) is 2.73. The van der Waals surface area contributed by atoms with E-state index in [1.165, 1.54) is 37.9 Å². The van der Waals surface area contributed by atoms with E-state index in [1.807, 2.05) is 6.20 Å². The minimum Gasteiger partial charge on any atom is -0.380 e. The number of nitrogens with zero attached hydrogens (tertiary/aromatic N) is 2. The lowest BCUT2D eigenvalue weighted by atomic mass is 9.95. The number of likely N-dealkylation sites (tertiary alicyclic amines) is 1. The van der Waals surface area contributed by atoms with Crippen molar-refractivity contribution in [1.29, 1.82) is 0 Å². The van der Waals surface area contributed by atoms with Crippen LogP contribution in [0.2, 0.25) is 0 Å². The highest BCUT2D eigenvalue weighted by Gasteiger charge is 2.23. The molecule has 0 radical (unpaired) electrons. The van der Waals surface area contributed by atoms with Crippen LogP contribution in [0.5, 0.6) is 0 Å². The SMILES string of the molecule is c1cc([C@@H]2CCCN(CCOCC3CC3)C2)[nH]n1. The van der Waals surface area contributed by atoms with Gasteiger partial charge in [0.15, 0.2) is 0 Å². The fraction of sp³-hybridized carbons (Fsp3) is 0.786. The minimum absolute atomic E-state index is 0.629. The monoisotopic (exact) mass is 249 g/mol. The summed E-state index contributed by atoms with van der Waals surface area (Å²) < 4.78 is 5.72. The molecule has 1 aliphatic carbocycles. The maximum atomic E-state index is 5.72. The van der Waals surface area contributed by atoms with Gasteiger partial charge in [-0.25, -0.2) is 0 Å². The minimum atomic E-state index is 0.629. The zero-order valence-corrected chi connectivity index (χ0v) is 11.0. The third-order valence-electron chi connectivity index (χ3n) is 4.07. The standard InChI is InChI=1S/C14H23N3O/c1-2-13(14-5-6-15-16-14)10-17(7-1)8-9-18-11-12-3-4-12/h5-6,12-13H,1-4,7-11H2,(H,15,16)/t13-/m1/s1. The molecule has 3 rings (SSSR count). The number of rotatable bonds is 6. The van der Waals surface area contributed by atoms with Gasteiger partial charge in [-0.1, -0.05) is 0 Å². The molecular weight excluding hydrogens is 226 g/mol. The molecular formula is C14H23N3O. The predicted octanol–water partition coefficient (Wildman–Crippen LogP) is 2.02. The Morgan fingerprint density at radius 1 is 1.39 bits per heavy atom. The summed E-state index contributed by atoms with van der Waals surface area (Å²) in [7, 11) is 0. The molecule has 1 atom stereocenters. The number of piperidine rings is 1. The summed E-state index contributed by atoms with van der Waals surface area (Å²) in [5, 5.41) is 7.17. The Hall–Kier alpha value is -0.870. The zero-order chi connectivity index (χ0) is 12.2. The first kappa shape index (κ1) is 12.2. The van der Waals surface area contributed by atoms with Crippen molar-refractivity contribution in [2.45, 2.75) is 31.6 Å². The lowest BCUT2D eigenvalue weighted by Crippen LogP contribution is -2.36. The third kappa shape index (κ3) is 3.33. The zero-order valence-electron chi connectivity index (χ0n) is 11.0. The average Bonchev–Trinajstić information content (AvgIpc) is 3.06. The molecule has 18 heavy (non-hydrogen) atoms. The molecule has 1 aromatic heterocycles. The molecule has 2 fully saturated rings. The van der Waals surface area contributed by atoms with Crippen molar-refractivity contribution in [3.8, 4) is 0 Å². The number of nitrogens with one attached hydrogen (secondary N) is 1. The van der Waals surface area contributed by atoms with Crippen LogP contribution in [-0.4, -0.2) is 47.9 Å². The van der Waals surface area contributed by atoms with Crippen molar-refractivity contribution in [1.82, 2.24) is 15.1 Å². The van der Waals surface area contributed by atoms with Gasteiger partial charge in [0.25, 0.3) is 0 Å². The Labute approximate surface area is 109 Å². The van der Waals surface area contributed by atoms with E-state index in [1.54, 1.807) is 0 Å². The second-order valence-corrected chi connectivity index (χ2v) is 5.67. The first-order valence-electron chi connectivity index (χ1n) is 7.21. The molecule has 1 aromatic rings. The van der Waals surface area contributed by atoms with Gasteiger partial charge in [0.1, 0.15) is 0 Å². The summed E-state index contributed by atoms with van der Waals surface area (Å²) in [6.07, 6.45) is 7.18. The van der Waals surface area contributed by atoms with Crippen molar-refractivity contribution < 1.29 is 4.74 Å². The summed E-state index contributed by atoms with van der Waals surface area (Å²) in [5.74, 6) is 1.51. The molecule has 0 unspecified atom stereocenters. The summed E-state index contributed by atoms with van der Waals surface area (Å²) in [5.41, 5.74) is 1.29. The van der Waals surface area contributed by atoms with E-state index in [9.17, 15) is 0 Å². The molecule has 1 aliphatic heterocycles. The Bertz CT molecular complexity index is 348. The first-order chi connectivity index (χ1) is 8.92. The second kappa shape index (κ2) is 5.85. The van der Waals surface area contributed by atoms with Gasteiger partial charge in [0.05, 0.1) is 6.61 Å². The van der Waals surface area contributed by atoms with Crippen LogP contribution in [0.1, 0.15) is 37.3 Å². The molecule has 1 N–H and O–H groups in total. The highest BCUT2D eigenvalue weighted by atomic mass is 16.5. The van der Waals surface area contributed by atoms with Crippen LogP contribution in [0, 0.1) is 5.92 Å². The quantitative estimate of drug-likeness (QED) is 0.784. The largest absolute Gasteiger partial charge is 0.380 e. The first-order valence-corrected chi connectivity index (χ1v) is 7.21. The van der Waals surface area contributed by atoms with Crippen LogP contribution in [0.15, 0.2) is 12.3 Å². The Morgan fingerprint density at radius 3 is 3.11 bits per heavy atom. The van der Waals surface area contributed by atoms with Gasteiger partial charge < -0.3 is 9.64 Å². The van der Waals surface area contributed by atoms with E-state index in [4.69, 9.17) is 4.74 Å². The average molecular weight is 249 g/mol. The van der Waals surface area contributed by atoms with Crippen LogP contribution in [0.4, 0.5) is 0 Å². The third-order valence-corrected chi connectivity index (χ3v) is 4.07. The van der Waals surface area contributed by atoms with E-state index >= 15 is 0 Å². The van der Waals surface area contributed by atoms with Crippen molar-refractivity contribution >= 4 is 0 Å². The lowest BCUT2D eigenvalue weighted by Gasteiger charge is -2.32. The second-order valence-electron chi connectivity index (χ2n) is 5.67. The van der Waals surface area contributed by atoms with E-state index < -0.39 is 0 Å². The van der Waals surface area contributed by atoms with Crippen molar-refractivity contribution in [2.75, 3.05) is 32.8 Å². The summed E-state index contributed by atoms with van der Waals surface area (Å²) in [6.45, 7) is 5.33. The normalized spacial score (nSPS) is 25.4. The molecule has 100 valence electrons. The van der Waals surface area contributed by atoms with Crippen molar-refractivity contribution in [3.05, 3.63) is 18.0 Å². The Morgan fingerprint density at radius 2 is 2.33 bits per heavy atom. The van der Waals surface area contributed by atoms with Gasteiger partial charge in [0, 0.05) is 37.5 Å². The summed E-state index contributed by atoms with van der Waals surface area (Å²) in [4.78, 5) is 2.53. The molecule has 1 saturated carbocycles. The van der Waals surface area contributed by atoms with Gasteiger partial charge in [-0.15, -0.1) is 0 Å². The molecule has 2 aliphatic rings. The number of hydrogen-bond donors (Lipinski definition) is 1. The van der Waals surface area contributed by atoms with Crippen LogP contribution in [0.25, 0.3) is 0 Å². The number of aromatic nitrogens is 2. The molecule has 2 heterocycles. The molecule has 0 amide bonds. The van der Waals surface area contributed by atoms with Crippen LogP contribution >= 0.6 is 0 Å². The van der Waals surface area contributed by atoms with Gasteiger partial charge in [-0.2, -0.15) is 5.10 Å². The lowest BCUT2D eigenvalue weighted by molar-refractivity contribution is 0.0861. The van der Waals surface area contributed by atoms with Crippen LogP contribution in [0.3, 0.4) is 0 Å². The van der Waals surface area contributed by atoms with E-state index in [-0.39, 0.29) is 0 Å². The van der Waals surface area contributed by atoms with Crippen molar-refractivity contribution in [2.24, 2.45) is 5.92 Å². The van der Waals surface area contributed by atoms with Crippen LogP contribution in [-0.2, 0) is 4.74 Å². The number of ether oxygens (including phenoxy) is 1. The molecule has 0 spiro atoms. The maximum Gasteiger partial charge on any atom is 0.0593 e. The molecule has 4 heteroatoms. The summed E-state index contributed by atoms with van der Waals surface area (Å²) >= 11 is 0. The molecule has 4 nitrogen and oxygen atoms in total. The Kier molecular flexibility index (Phi) is 3.96. The highest BCUT2D eigenvalue weighted by molar-refractivity contribution is 5.07. The highest BCUT2D eigenvalue weighted by Crippen LogP contribution is 2.29. The smallest absolute Gasteiger partial charge is 0.0593 e. The number of H-pyrrole nitrogens is 1. The summed E-state index contributed by atoms with van der Waals surface area (Å²) in [6, 6.07) is 2.11.